The zero-order valence-corrected chi connectivity index (χ0v) is 15.7. The fourth-order valence-corrected chi connectivity index (χ4v) is 4.26. The molecule has 1 N–H and O–H groups in total. The second-order valence-electron chi connectivity index (χ2n) is 7.58. The van der Waals surface area contributed by atoms with Crippen LogP contribution in [-0.4, -0.2) is 52.5 Å². The third kappa shape index (κ3) is 3.54. The van der Waals surface area contributed by atoms with Crippen LogP contribution in [0.3, 0.4) is 0 Å². The summed E-state index contributed by atoms with van der Waals surface area (Å²) in [7, 11) is 4.19. The number of hydrogen-bond donors (Lipinski definition) is 1. The lowest BCUT2D eigenvalue weighted by atomic mass is 9.77. The summed E-state index contributed by atoms with van der Waals surface area (Å²) < 4.78 is 8.16. The predicted molar refractivity (Wildman–Crippen MR) is 101 cm³/mol. The van der Waals surface area contributed by atoms with E-state index in [0.29, 0.717) is 12.0 Å². The van der Waals surface area contributed by atoms with Crippen LogP contribution in [0.15, 0.2) is 36.8 Å². The molecule has 1 saturated carbocycles. The summed E-state index contributed by atoms with van der Waals surface area (Å²) in [6.45, 7) is 2.55. The molecule has 2 aliphatic rings. The van der Waals surface area contributed by atoms with Gasteiger partial charge in [-0.15, -0.1) is 0 Å². The van der Waals surface area contributed by atoms with Gasteiger partial charge in [-0.25, -0.2) is 0 Å². The number of morpholine rings is 1. The smallest absolute Gasteiger partial charge is 0.0911 e. The van der Waals surface area contributed by atoms with Crippen molar-refractivity contribution >= 4 is 0 Å². The highest BCUT2D eigenvalue weighted by Gasteiger charge is 2.35. The summed E-state index contributed by atoms with van der Waals surface area (Å²) in [5.41, 5.74) is 2.50. The van der Waals surface area contributed by atoms with Crippen molar-refractivity contribution in [1.29, 1.82) is 0 Å². The molecule has 0 amide bonds. The Hall–Kier alpha value is -1.76. The largest absolute Gasteiger partial charge is 0.374 e. The minimum Gasteiger partial charge on any atom is -0.374 e. The van der Waals surface area contributed by atoms with Crippen LogP contribution in [0.4, 0.5) is 0 Å². The molecule has 6 nitrogen and oxygen atoms in total. The summed E-state index contributed by atoms with van der Waals surface area (Å²) >= 11 is 0. The second-order valence-corrected chi connectivity index (χ2v) is 7.58. The predicted octanol–water partition coefficient (Wildman–Crippen LogP) is 2.32. The average molecular weight is 355 g/mol. The lowest BCUT2D eigenvalue weighted by Crippen LogP contribution is -2.49. The van der Waals surface area contributed by atoms with Crippen molar-refractivity contribution in [3.8, 4) is 0 Å². The van der Waals surface area contributed by atoms with E-state index in [-0.39, 0.29) is 12.1 Å². The molecule has 26 heavy (non-hydrogen) atoms. The Bertz CT molecular complexity index is 699. The Morgan fingerprint density at radius 2 is 2.15 bits per heavy atom. The van der Waals surface area contributed by atoms with E-state index in [0.717, 1.165) is 19.7 Å². The SMILES string of the molecule is CN1CCO[C@@H](CNC(c2cccnc2)C2CCC2)[C@@H]1c1ccnn1C. The molecule has 2 aromatic rings. The van der Waals surface area contributed by atoms with Crippen LogP contribution in [0.5, 0.6) is 0 Å². The van der Waals surface area contributed by atoms with E-state index in [1.54, 1.807) is 0 Å². The first kappa shape index (κ1) is 17.6. The van der Waals surface area contributed by atoms with Crippen molar-refractivity contribution < 1.29 is 4.74 Å². The molecule has 0 spiro atoms. The summed E-state index contributed by atoms with van der Waals surface area (Å²) in [4.78, 5) is 6.71. The highest BCUT2D eigenvalue weighted by molar-refractivity contribution is 5.16. The first-order valence-corrected chi connectivity index (χ1v) is 9.67. The first-order valence-electron chi connectivity index (χ1n) is 9.67. The number of likely N-dealkylation sites (N-methyl/N-ethyl adjacent to an activating group) is 1. The van der Waals surface area contributed by atoms with E-state index in [2.05, 4.69) is 39.5 Å². The van der Waals surface area contributed by atoms with Crippen molar-refractivity contribution in [2.75, 3.05) is 26.7 Å². The van der Waals surface area contributed by atoms with E-state index < -0.39 is 0 Å². The lowest BCUT2D eigenvalue weighted by molar-refractivity contribution is -0.0658. The molecule has 3 atom stereocenters. The van der Waals surface area contributed by atoms with Crippen LogP contribution < -0.4 is 5.32 Å². The molecule has 4 rings (SSSR count). The molecule has 3 heterocycles. The molecular formula is C20H29N5O. The Kier molecular flexibility index (Phi) is 5.33. The van der Waals surface area contributed by atoms with E-state index in [4.69, 9.17) is 4.74 Å². The number of aromatic nitrogens is 3. The number of rotatable bonds is 6. The number of ether oxygens (including phenoxy) is 1. The maximum Gasteiger partial charge on any atom is 0.0911 e. The van der Waals surface area contributed by atoms with Gasteiger partial charge in [-0.2, -0.15) is 5.10 Å². The molecule has 0 aromatic carbocycles. The zero-order valence-electron chi connectivity index (χ0n) is 15.7. The first-order chi connectivity index (χ1) is 12.7. The summed E-state index contributed by atoms with van der Waals surface area (Å²) in [6, 6.07) is 6.91. The van der Waals surface area contributed by atoms with Gasteiger partial charge in [-0.05, 0) is 43.5 Å². The normalized spacial score (nSPS) is 25.8. The van der Waals surface area contributed by atoms with Gasteiger partial charge in [0.25, 0.3) is 0 Å². The number of pyridine rings is 1. The third-order valence-corrected chi connectivity index (χ3v) is 5.97. The molecule has 2 fully saturated rings. The molecule has 140 valence electrons. The van der Waals surface area contributed by atoms with E-state index >= 15 is 0 Å². The molecule has 1 saturated heterocycles. The van der Waals surface area contributed by atoms with Crippen LogP contribution in [0.25, 0.3) is 0 Å². The van der Waals surface area contributed by atoms with Gasteiger partial charge in [-0.1, -0.05) is 12.5 Å². The van der Waals surface area contributed by atoms with Crippen molar-refractivity contribution in [2.24, 2.45) is 13.0 Å². The Balaban J connectivity index is 1.49. The summed E-state index contributed by atoms with van der Waals surface area (Å²) in [5, 5.41) is 8.18. The zero-order chi connectivity index (χ0) is 17.9. The van der Waals surface area contributed by atoms with Gasteiger partial charge in [-0.3, -0.25) is 14.6 Å². The lowest BCUT2D eigenvalue weighted by Gasteiger charge is -2.41. The maximum absolute atomic E-state index is 6.20. The number of nitrogens with zero attached hydrogens (tertiary/aromatic N) is 4. The molecule has 6 heteroatoms. The molecule has 1 aliphatic heterocycles. The second kappa shape index (κ2) is 7.86. The standard InChI is InChI=1S/C20H29N5O/c1-24-11-12-26-18(20(24)17-8-10-23-25(17)2)14-22-19(15-5-3-6-15)16-7-4-9-21-13-16/h4,7-10,13,15,18-20,22H,3,5-6,11-12,14H2,1-2H3/t18-,19?,20-/m0/s1. The van der Waals surface area contributed by atoms with Crippen molar-refractivity contribution in [2.45, 2.75) is 37.5 Å². The quantitative estimate of drug-likeness (QED) is 0.862. The van der Waals surface area contributed by atoms with Gasteiger partial charge in [0.05, 0.1) is 24.4 Å². The molecule has 2 aromatic heterocycles. The molecule has 0 bridgehead atoms. The molecular weight excluding hydrogens is 326 g/mol. The average Bonchev–Trinajstić information content (AvgIpc) is 3.03. The van der Waals surface area contributed by atoms with E-state index in [1.807, 2.05) is 36.4 Å². The third-order valence-electron chi connectivity index (χ3n) is 5.97. The van der Waals surface area contributed by atoms with Gasteiger partial charge in [0.15, 0.2) is 0 Å². The Morgan fingerprint density at radius 3 is 2.81 bits per heavy atom. The van der Waals surface area contributed by atoms with Gasteiger partial charge >= 0.3 is 0 Å². The van der Waals surface area contributed by atoms with E-state index in [9.17, 15) is 0 Å². The minimum atomic E-state index is 0.114. The van der Waals surface area contributed by atoms with Crippen LogP contribution >= 0.6 is 0 Å². The summed E-state index contributed by atoms with van der Waals surface area (Å²) in [5.74, 6) is 0.704. The highest BCUT2D eigenvalue weighted by atomic mass is 16.5. The topological polar surface area (TPSA) is 55.2 Å². The number of aryl methyl sites for hydroxylation is 1. The maximum atomic E-state index is 6.20. The fraction of sp³-hybridized carbons (Fsp3) is 0.600. The summed E-state index contributed by atoms with van der Waals surface area (Å²) in [6.07, 6.45) is 9.76. The molecule has 1 aliphatic carbocycles. The van der Waals surface area contributed by atoms with Crippen LogP contribution in [0.2, 0.25) is 0 Å². The van der Waals surface area contributed by atoms with Crippen molar-refractivity contribution in [3.05, 3.63) is 48.0 Å². The monoisotopic (exact) mass is 355 g/mol. The molecule has 1 unspecified atom stereocenters. The van der Waals surface area contributed by atoms with Gasteiger partial charge in [0.1, 0.15) is 0 Å². The van der Waals surface area contributed by atoms with Crippen molar-refractivity contribution in [1.82, 2.24) is 25.0 Å². The van der Waals surface area contributed by atoms with Gasteiger partial charge < -0.3 is 10.1 Å². The number of nitrogens with one attached hydrogen (secondary N) is 1. The van der Waals surface area contributed by atoms with Gasteiger partial charge in [0.2, 0.25) is 0 Å². The van der Waals surface area contributed by atoms with E-state index in [1.165, 1.54) is 30.5 Å². The fourth-order valence-electron chi connectivity index (χ4n) is 4.26. The Morgan fingerprint density at radius 1 is 1.27 bits per heavy atom. The van der Waals surface area contributed by atoms with Crippen LogP contribution in [-0.2, 0) is 11.8 Å². The van der Waals surface area contributed by atoms with Crippen LogP contribution in [0.1, 0.15) is 42.6 Å². The number of hydrogen-bond acceptors (Lipinski definition) is 5. The highest BCUT2D eigenvalue weighted by Crippen LogP contribution is 2.38. The Labute approximate surface area is 155 Å². The van der Waals surface area contributed by atoms with Crippen LogP contribution in [0, 0.1) is 5.92 Å². The molecule has 0 radical (unpaired) electrons. The van der Waals surface area contributed by atoms with Crippen molar-refractivity contribution in [3.63, 3.8) is 0 Å². The van der Waals surface area contributed by atoms with Gasteiger partial charge in [0, 0.05) is 44.8 Å². The minimum absolute atomic E-state index is 0.114.